The van der Waals surface area contributed by atoms with Gasteiger partial charge >= 0.3 is 0 Å². The number of phenols is 1. The van der Waals surface area contributed by atoms with Crippen LogP contribution in [0.2, 0.25) is 0 Å². The molecule has 3 aromatic carbocycles. The van der Waals surface area contributed by atoms with Gasteiger partial charge in [0.1, 0.15) is 5.75 Å². The molecule has 0 saturated heterocycles. The third-order valence-corrected chi connectivity index (χ3v) is 5.60. The molecule has 134 valence electrons. The monoisotopic (exact) mass is 362 g/mol. The number of fused-ring (bicyclic) bond motifs is 3. The third-order valence-electron chi connectivity index (χ3n) is 5.60. The summed E-state index contributed by atoms with van der Waals surface area (Å²) in [5.74, 6) is 0.342. The van der Waals surface area contributed by atoms with Gasteiger partial charge in [0.15, 0.2) is 5.76 Å². The zero-order valence-corrected chi connectivity index (χ0v) is 15.1. The van der Waals surface area contributed by atoms with Crippen LogP contribution in [-0.2, 0) is 5.41 Å². The van der Waals surface area contributed by atoms with Gasteiger partial charge in [-0.15, -0.1) is 0 Å². The van der Waals surface area contributed by atoms with Gasteiger partial charge in [-0.05, 0) is 63.8 Å². The largest absolute Gasteiger partial charge is 0.508 e. The van der Waals surface area contributed by atoms with E-state index in [-0.39, 0.29) is 11.5 Å². The molecule has 28 heavy (non-hydrogen) atoms. The van der Waals surface area contributed by atoms with Crippen LogP contribution in [0.3, 0.4) is 0 Å². The van der Waals surface area contributed by atoms with Crippen molar-refractivity contribution < 1.29 is 10.2 Å². The van der Waals surface area contributed by atoms with Crippen LogP contribution in [0.1, 0.15) is 16.7 Å². The Kier molecular flexibility index (Phi) is 3.61. The molecule has 2 N–H and O–H groups in total. The van der Waals surface area contributed by atoms with Crippen LogP contribution in [0.25, 0.3) is 11.1 Å². The first-order valence-electron chi connectivity index (χ1n) is 9.24. The molecule has 0 radical (unpaired) electrons. The molecule has 2 aliphatic rings. The molecule has 2 heteroatoms. The minimum absolute atomic E-state index is 0.103. The summed E-state index contributed by atoms with van der Waals surface area (Å²) in [6.07, 6.45) is 7.40. The first-order chi connectivity index (χ1) is 13.7. The Morgan fingerprint density at radius 3 is 1.93 bits per heavy atom. The summed E-state index contributed by atoms with van der Waals surface area (Å²) < 4.78 is 0. The minimum atomic E-state index is -0.541. The Hall–Kier alpha value is -3.74. The highest BCUT2D eigenvalue weighted by atomic mass is 16.3. The van der Waals surface area contributed by atoms with Crippen molar-refractivity contribution in [3.8, 4) is 16.9 Å². The van der Waals surface area contributed by atoms with Gasteiger partial charge in [-0.3, -0.25) is 0 Å². The Morgan fingerprint density at radius 2 is 1.29 bits per heavy atom. The van der Waals surface area contributed by atoms with Gasteiger partial charge in [-0.1, -0.05) is 72.5 Å². The number of rotatable bonds is 2. The zero-order valence-electron chi connectivity index (χ0n) is 15.1. The number of aromatic hydroxyl groups is 1. The van der Waals surface area contributed by atoms with E-state index in [1.165, 1.54) is 22.3 Å². The third kappa shape index (κ3) is 2.22. The molecule has 0 saturated carbocycles. The molecule has 0 amide bonds. The lowest BCUT2D eigenvalue weighted by Gasteiger charge is -2.34. The molecule has 0 fully saturated rings. The second-order valence-electron chi connectivity index (χ2n) is 7.04. The highest BCUT2D eigenvalue weighted by molar-refractivity contribution is 5.86. The molecule has 0 bridgehead atoms. The predicted molar refractivity (Wildman–Crippen MR) is 111 cm³/mol. The maximum Gasteiger partial charge on any atom is 0.159 e. The van der Waals surface area contributed by atoms with Crippen molar-refractivity contribution in [3.63, 3.8) is 0 Å². The quantitative estimate of drug-likeness (QED) is 0.566. The standard InChI is InChI=1S/C26H18O2/c27-20-7-5-6-18(12-15-20)26(19-13-16-21(28)17-14-19)24-10-3-1-8-22(24)23-9-2-4-11-25(23)26/h1-6,8-17,27-28H. The number of hydrogen-bond donors (Lipinski definition) is 2. The SMILES string of the molecule is OC1=C=CC=C(C2(c3ccc(O)cc3)c3ccccc3-c3ccccc32)C=C1. The highest BCUT2D eigenvalue weighted by Crippen LogP contribution is 2.56. The first kappa shape index (κ1) is 16.4. The average Bonchev–Trinajstić information content (AvgIpc) is 2.84. The fraction of sp³-hybridized carbons (Fsp3) is 0.0385. The topological polar surface area (TPSA) is 40.5 Å². The van der Waals surface area contributed by atoms with E-state index < -0.39 is 5.41 Å². The van der Waals surface area contributed by atoms with Crippen LogP contribution in [0.5, 0.6) is 5.75 Å². The Morgan fingerprint density at radius 1 is 0.679 bits per heavy atom. The zero-order chi connectivity index (χ0) is 19.1. The van der Waals surface area contributed by atoms with Gasteiger partial charge < -0.3 is 10.2 Å². The maximum absolute atomic E-state index is 9.95. The van der Waals surface area contributed by atoms with Gasteiger partial charge in [-0.2, -0.15) is 0 Å². The molecular formula is C26H18O2. The van der Waals surface area contributed by atoms with Gasteiger partial charge in [0.2, 0.25) is 0 Å². The Balaban J connectivity index is 1.92. The van der Waals surface area contributed by atoms with Crippen molar-refractivity contribution in [2.24, 2.45) is 0 Å². The molecule has 0 heterocycles. The molecule has 3 aromatic rings. The summed E-state index contributed by atoms with van der Waals surface area (Å²) in [5, 5.41) is 19.8. The highest BCUT2D eigenvalue weighted by Gasteiger charge is 2.46. The first-order valence-corrected chi connectivity index (χ1v) is 9.24. The smallest absolute Gasteiger partial charge is 0.159 e. The average molecular weight is 362 g/mol. The molecule has 0 atom stereocenters. The molecular weight excluding hydrogens is 344 g/mol. The number of aliphatic hydroxyl groups excluding tert-OH is 1. The maximum atomic E-state index is 9.95. The molecule has 2 nitrogen and oxygen atoms in total. The molecule has 0 aromatic heterocycles. The van der Waals surface area contributed by atoms with E-state index in [9.17, 15) is 10.2 Å². The Bertz CT molecular complexity index is 1160. The summed E-state index contributed by atoms with van der Waals surface area (Å²) in [6.45, 7) is 0. The van der Waals surface area contributed by atoms with Crippen molar-refractivity contribution in [2.75, 3.05) is 0 Å². The van der Waals surface area contributed by atoms with Gasteiger partial charge in [0.25, 0.3) is 0 Å². The number of aliphatic hydroxyl groups is 1. The van der Waals surface area contributed by atoms with Crippen LogP contribution < -0.4 is 0 Å². The molecule has 2 aliphatic carbocycles. The van der Waals surface area contributed by atoms with Crippen molar-refractivity contribution >= 4 is 0 Å². The number of hydrogen-bond acceptors (Lipinski definition) is 2. The summed E-state index contributed by atoms with van der Waals surface area (Å²) >= 11 is 0. The fourth-order valence-electron chi connectivity index (χ4n) is 4.47. The molecule has 0 spiro atoms. The predicted octanol–water partition coefficient (Wildman–Crippen LogP) is 5.80. The van der Waals surface area contributed by atoms with Crippen LogP contribution in [-0.4, -0.2) is 10.2 Å². The van der Waals surface area contributed by atoms with Crippen LogP contribution in [0.4, 0.5) is 0 Å². The van der Waals surface area contributed by atoms with Crippen molar-refractivity contribution in [2.45, 2.75) is 5.41 Å². The summed E-state index contributed by atoms with van der Waals surface area (Å²) in [6, 6.07) is 24.3. The van der Waals surface area contributed by atoms with Crippen molar-refractivity contribution in [1.29, 1.82) is 0 Å². The van der Waals surface area contributed by atoms with Crippen molar-refractivity contribution in [3.05, 3.63) is 131 Å². The van der Waals surface area contributed by atoms with E-state index in [2.05, 4.69) is 54.3 Å². The van der Waals surface area contributed by atoms with E-state index in [0.717, 1.165) is 11.1 Å². The minimum Gasteiger partial charge on any atom is -0.508 e. The van der Waals surface area contributed by atoms with Crippen LogP contribution >= 0.6 is 0 Å². The van der Waals surface area contributed by atoms with Gasteiger partial charge in [-0.25, -0.2) is 0 Å². The number of phenolic OH excluding ortho intramolecular Hbond substituents is 1. The lowest BCUT2D eigenvalue weighted by atomic mass is 9.67. The van der Waals surface area contributed by atoms with Gasteiger partial charge in [0, 0.05) is 0 Å². The Labute approximate surface area is 163 Å². The van der Waals surface area contributed by atoms with E-state index in [1.54, 1.807) is 24.3 Å². The van der Waals surface area contributed by atoms with E-state index in [1.807, 2.05) is 24.3 Å². The molecule has 0 unspecified atom stereocenters. The normalized spacial score (nSPS) is 16.0. The lowest BCUT2D eigenvalue weighted by molar-refractivity contribution is 0.434. The summed E-state index contributed by atoms with van der Waals surface area (Å²) in [7, 11) is 0. The lowest BCUT2D eigenvalue weighted by Crippen LogP contribution is -2.29. The van der Waals surface area contributed by atoms with E-state index in [0.29, 0.717) is 0 Å². The van der Waals surface area contributed by atoms with Crippen LogP contribution in [0.15, 0.2) is 114 Å². The molecule has 5 rings (SSSR count). The van der Waals surface area contributed by atoms with Crippen LogP contribution in [0, 0.1) is 0 Å². The second-order valence-corrected chi connectivity index (χ2v) is 7.04. The summed E-state index contributed by atoms with van der Waals surface area (Å²) in [4.78, 5) is 0. The molecule has 0 aliphatic heterocycles. The number of benzene rings is 3. The van der Waals surface area contributed by atoms with E-state index >= 15 is 0 Å². The summed E-state index contributed by atoms with van der Waals surface area (Å²) in [5.41, 5.74) is 9.20. The van der Waals surface area contributed by atoms with E-state index in [4.69, 9.17) is 0 Å². The van der Waals surface area contributed by atoms with Crippen molar-refractivity contribution in [1.82, 2.24) is 0 Å². The number of allylic oxidation sites excluding steroid dienone is 4. The second kappa shape index (κ2) is 6.16. The fourth-order valence-corrected chi connectivity index (χ4v) is 4.47. The van der Waals surface area contributed by atoms with Gasteiger partial charge in [0.05, 0.1) is 5.41 Å².